The van der Waals surface area contributed by atoms with Crippen molar-refractivity contribution in [2.45, 2.75) is 37.6 Å². The lowest BCUT2D eigenvalue weighted by Crippen LogP contribution is -2.35. The second-order valence-corrected chi connectivity index (χ2v) is 6.18. The van der Waals surface area contributed by atoms with Crippen molar-refractivity contribution < 1.29 is 8.42 Å². The highest BCUT2D eigenvalue weighted by molar-refractivity contribution is 7.89. The number of hydrazine groups is 1. The van der Waals surface area contributed by atoms with Gasteiger partial charge in [0.2, 0.25) is 10.0 Å². The Morgan fingerprint density at radius 1 is 1.50 bits per heavy atom. The highest BCUT2D eigenvalue weighted by Crippen LogP contribution is 2.18. The van der Waals surface area contributed by atoms with Crippen molar-refractivity contribution >= 4 is 15.8 Å². The van der Waals surface area contributed by atoms with Crippen LogP contribution in [0.3, 0.4) is 0 Å². The van der Waals surface area contributed by atoms with Crippen LogP contribution >= 0.6 is 0 Å². The smallest absolute Gasteiger partial charge is 0.244 e. The Balaban J connectivity index is 2.97. The summed E-state index contributed by atoms with van der Waals surface area (Å²) in [6, 6.07) is 2.99. The molecule has 0 spiro atoms. The SMILES string of the molecule is CCCC(C)N(C)S(=O)(=O)c1ccc(NN)nc1. The van der Waals surface area contributed by atoms with Crippen molar-refractivity contribution in [3.8, 4) is 0 Å². The quantitative estimate of drug-likeness (QED) is 0.599. The van der Waals surface area contributed by atoms with Crippen LogP contribution in [0.2, 0.25) is 0 Å². The third-order valence-electron chi connectivity index (χ3n) is 2.89. The third-order valence-corrected chi connectivity index (χ3v) is 4.84. The Morgan fingerprint density at radius 2 is 2.17 bits per heavy atom. The van der Waals surface area contributed by atoms with Crippen LogP contribution in [0.25, 0.3) is 0 Å². The molecule has 1 atom stereocenters. The van der Waals surface area contributed by atoms with Crippen LogP contribution in [0.15, 0.2) is 23.2 Å². The Morgan fingerprint density at radius 3 is 2.61 bits per heavy atom. The number of anilines is 1. The van der Waals surface area contributed by atoms with Gasteiger partial charge in [0.1, 0.15) is 10.7 Å². The summed E-state index contributed by atoms with van der Waals surface area (Å²) in [6.45, 7) is 3.92. The van der Waals surface area contributed by atoms with E-state index in [1.165, 1.54) is 22.6 Å². The predicted octanol–water partition coefficient (Wildman–Crippen LogP) is 1.18. The zero-order valence-corrected chi connectivity index (χ0v) is 11.7. The van der Waals surface area contributed by atoms with Crippen molar-refractivity contribution in [3.05, 3.63) is 18.3 Å². The lowest BCUT2D eigenvalue weighted by Gasteiger charge is -2.23. The minimum absolute atomic E-state index is 0.0349. The summed E-state index contributed by atoms with van der Waals surface area (Å²) in [5.74, 6) is 5.61. The van der Waals surface area contributed by atoms with E-state index in [1.54, 1.807) is 7.05 Å². The molecular weight excluding hydrogens is 252 g/mol. The number of hydrogen-bond acceptors (Lipinski definition) is 5. The van der Waals surface area contributed by atoms with E-state index >= 15 is 0 Å². The molecule has 1 aromatic heterocycles. The normalized spacial score (nSPS) is 13.6. The highest BCUT2D eigenvalue weighted by atomic mass is 32.2. The van der Waals surface area contributed by atoms with E-state index in [2.05, 4.69) is 10.4 Å². The third kappa shape index (κ3) is 3.18. The Hall–Kier alpha value is -1.18. The molecule has 0 aliphatic heterocycles. The standard InChI is InChI=1S/C11H20N4O2S/c1-4-5-9(2)15(3)18(16,17)10-6-7-11(14-12)13-8-10/h6-9H,4-5,12H2,1-3H3,(H,13,14). The van der Waals surface area contributed by atoms with Gasteiger partial charge in [-0.25, -0.2) is 19.2 Å². The molecule has 3 N–H and O–H groups in total. The molecule has 18 heavy (non-hydrogen) atoms. The molecule has 1 rings (SSSR count). The molecule has 0 amide bonds. The summed E-state index contributed by atoms with van der Waals surface area (Å²) in [6.07, 6.45) is 3.07. The number of nitrogens with zero attached hydrogens (tertiary/aromatic N) is 2. The Labute approximate surface area is 108 Å². The Kier molecular flexibility index (Phi) is 5.06. The van der Waals surface area contributed by atoms with Crippen LogP contribution in [0.1, 0.15) is 26.7 Å². The molecule has 0 aliphatic carbocycles. The maximum atomic E-state index is 12.3. The molecular formula is C11H20N4O2S. The first-order valence-electron chi connectivity index (χ1n) is 5.84. The van der Waals surface area contributed by atoms with Crippen LogP contribution < -0.4 is 11.3 Å². The fourth-order valence-corrected chi connectivity index (χ4v) is 2.96. The first-order valence-corrected chi connectivity index (χ1v) is 7.28. The van der Waals surface area contributed by atoms with Gasteiger partial charge in [0.15, 0.2) is 0 Å². The minimum Gasteiger partial charge on any atom is -0.308 e. The van der Waals surface area contributed by atoms with Gasteiger partial charge in [-0.1, -0.05) is 13.3 Å². The second kappa shape index (κ2) is 6.12. The highest BCUT2D eigenvalue weighted by Gasteiger charge is 2.25. The number of nitrogen functional groups attached to an aromatic ring is 1. The number of pyridine rings is 1. The second-order valence-electron chi connectivity index (χ2n) is 4.18. The fraction of sp³-hybridized carbons (Fsp3) is 0.545. The van der Waals surface area contributed by atoms with E-state index in [0.717, 1.165) is 12.8 Å². The lowest BCUT2D eigenvalue weighted by molar-refractivity contribution is 0.368. The molecule has 0 aromatic carbocycles. The number of rotatable bonds is 6. The van der Waals surface area contributed by atoms with Crippen molar-refractivity contribution in [1.29, 1.82) is 0 Å². The van der Waals surface area contributed by atoms with E-state index in [0.29, 0.717) is 5.82 Å². The van der Waals surface area contributed by atoms with Gasteiger partial charge >= 0.3 is 0 Å². The van der Waals surface area contributed by atoms with Gasteiger partial charge in [0.25, 0.3) is 0 Å². The molecule has 0 bridgehead atoms. The summed E-state index contributed by atoms with van der Waals surface area (Å²) >= 11 is 0. The molecule has 7 heteroatoms. The molecule has 0 saturated heterocycles. The van der Waals surface area contributed by atoms with E-state index in [1.807, 2.05) is 13.8 Å². The first kappa shape index (κ1) is 14.9. The van der Waals surface area contributed by atoms with Gasteiger partial charge < -0.3 is 5.43 Å². The molecule has 1 unspecified atom stereocenters. The summed E-state index contributed by atoms with van der Waals surface area (Å²) in [4.78, 5) is 4.08. The molecule has 1 heterocycles. The average molecular weight is 272 g/mol. The number of nitrogens with two attached hydrogens (primary N) is 1. The average Bonchev–Trinajstić information content (AvgIpc) is 2.38. The van der Waals surface area contributed by atoms with Crippen LogP contribution in [0, 0.1) is 0 Å². The van der Waals surface area contributed by atoms with Crippen LogP contribution in [0.5, 0.6) is 0 Å². The Bertz CT molecular complexity index is 472. The number of nitrogens with one attached hydrogen (secondary N) is 1. The summed E-state index contributed by atoms with van der Waals surface area (Å²) in [7, 11) is -1.90. The zero-order chi connectivity index (χ0) is 13.8. The van der Waals surface area contributed by atoms with Gasteiger partial charge in [-0.3, -0.25) is 0 Å². The molecule has 0 aliphatic rings. The van der Waals surface area contributed by atoms with Crippen LogP contribution in [-0.4, -0.2) is 30.8 Å². The van der Waals surface area contributed by atoms with E-state index in [4.69, 9.17) is 5.84 Å². The van der Waals surface area contributed by atoms with Crippen LogP contribution in [0.4, 0.5) is 5.82 Å². The summed E-state index contributed by atoms with van der Waals surface area (Å²) in [5.41, 5.74) is 2.36. The maximum Gasteiger partial charge on any atom is 0.244 e. The lowest BCUT2D eigenvalue weighted by atomic mass is 10.2. The van der Waals surface area contributed by atoms with Gasteiger partial charge in [-0.2, -0.15) is 4.31 Å². The van der Waals surface area contributed by atoms with E-state index < -0.39 is 10.0 Å². The first-order chi connectivity index (χ1) is 8.43. The fourth-order valence-electron chi connectivity index (χ4n) is 1.62. The monoisotopic (exact) mass is 272 g/mol. The minimum atomic E-state index is -3.48. The molecule has 0 radical (unpaired) electrons. The van der Waals surface area contributed by atoms with Crippen molar-refractivity contribution in [3.63, 3.8) is 0 Å². The predicted molar refractivity (Wildman–Crippen MR) is 71.4 cm³/mol. The number of sulfonamides is 1. The molecule has 0 fully saturated rings. The van der Waals surface area contributed by atoms with E-state index in [9.17, 15) is 8.42 Å². The zero-order valence-electron chi connectivity index (χ0n) is 10.9. The summed E-state index contributed by atoms with van der Waals surface area (Å²) < 4.78 is 25.9. The van der Waals surface area contributed by atoms with Crippen molar-refractivity contribution in [2.24, 2.45) is 5.84 Å². The molecule has 1 aromatic rings. The maximum absolute atomic E-state index is 12.3. The molecule has 6 nitrogen and oxygen atoms in total. The van der Waals surface area contributed by atoms with Gasteiger partial charge in [0, 0.05) is 19.3 Å². The number of aromatic nitrogens is 1. The number of hydrogen-bond donors (Lipinski definition) is 2. The van der Waals surface area contributed by atoms with Crippen LogP contribution in [-0.2, 0) is 10.0 Å². The largest absolute Gasteiger partial charge is 0.308 e. The van der Waals surface area contributed by atoms with Gasteiger partial charge in [0.05, 0.1) is 0 Å². The van der Waals surface area contributed by atoms with Crippen molar-refractivity contribution in [1.82, 2.24) is 9.29 Å². The summed E-state index contributed by atoms with van der Waals surface area (Å²) in [5, 5.41) is 0. The molecule has 102 valence electrons. The van der Waals surface area contributed by atoms with E-state index in [-0.39, 0.29) is 10.9 Å². The topological polar surface area (TPSA) is 88.3 Å². The van der Waals surface area contributed by atoms with Crippen molar-refractivity contribution in [2.75, 3.05) is 12.5 Å². The molecule has 0 saturated carbocycles. The van der Waals surface area contributed by atoms with Gasteiger partial charge in [-0.15, -0.1) is 0 Å². The van der Waals surface area contributed by atoms with Gasteiger partial charge in [-0.05, 0) is 25.5 Å².